The SMILES string of the molecule is CC(C)(C)NC(=O)c1c[nH]c2ncc(-c3nn(C4CCNC4)c4cc(F)ccc34)nc12.CC(C)(C)OC(=O)N1CCC(OS(C)(=O)=O)C1. The Morgan fingerprint density at radius 3 is 2.52 bits per heavy atom. The van der Waals surface area contributed by atoms with Crippen molar-refractivity contribution in [2.75, 3.05) is 32.4 Å². The first-order valence-corrected chi connectivity index (χ1v) is 17.6. The fourth-order valence-electron chi connectivity index (χ4n) is 5.56. The van der Waals surface area contributed by atoms with Crippen molar-refractivity contribution in [1.29, 1.82) is 0 Å². The Labute approximate surface area is 278 Å². The Morgan fingerprint density at radius 1 is 1.12 bits per heavy atom. The molecule has 0 saturated carbocycles. The lowest BCUT2D eigenvalue weighted by Gasteiger charge is -2.24. The fourth-order valence-corrected chi connectivity index (χ4v) is 6.21. The maximum atomic E-state index is 14.0. The lowest BCUT2D eigenvalue weighted by Crippen LogP contribution is -2.40. The van der Waals surface area contributed by atoms with Gasteiger partial charge in [-0.05, 0) is 79.1 Å². The predicted octanol–water partition coefficient (Wildman–Crippen LogP) is 4.15. The molecule has 3 N–H and O–H groups in total. The van der Waals surface area contributed by atoms with E-state index in [2.05, 4.69) is 20.6 Å². The average molecular weight is 687 g/mol. The molecule has 2 aliphatic rings. The standard InChI is InChI=1S/C22H24FN7O.C10H19NO5S/c1-22(2,3)28-21(31)15-10-25-20-19(15)27-16(11-26-20)18-14-5-4-12(23)8-17(14)30(29-18)13-6-7-24-9-13;1-10(2,3)15-9(12)11-6-5-8(7-11)16-17(4,13)14/h4-5,8,10-11,13,24H,6-7,9H2,1-3H3,(H,25,26)(H,28,31);8H,5-7H2,1-4H3. The molecule has 2 unspecified atom stereocenters. The van der Waals surface area contributed by atoms with E-state index in [-0.39, 0.29) is 29.8 Å². The van der Waals surface area contributed by atoms with Gasteiger partial charge in [0.2, 0.25) is 0 Å². The predicted molar refractivity (Wildman–Crippen MR) is 178 cm³/mol. The van der Waals surface area contributed by atoms with Crippen LogP contribution in [-0.4, -0.2) is 99.7 Å². The maximum Gasteiger partial charge on any atom is 0.410 e. The Balaban J connectivity index is 0.000000226. The normalized spacial score (nSPS) is 18.6. The van der Waals surface area contributed by atoms with Gasteiger partial charge in [-0.2, -0.15) is 13.5 Å². The molecule has 5 heterocycles. The number of nitrogens with one attached hydrogen (secondary N) is 3. The first kappa shape index (κ1) is 35.2. The summed E-state index contributed by atoms with van der Waals surface area (Å²) < 4.78 is 47.8. The molecular weight excluding hydrogens is 643 g/mol. The second kappa shape index (κ2) is 13.4. The largest absolute Gasteiger partial charge is 0.444 e. The van der Waals surface area contributed by atoms with Crippen LogP contribution in [0.5, 0.6) is 0 Å². The molecule has 14 nitrogen and oxygen atoms in total. The summed E-state index contributed by atoms with van der Waals surface area (Å²) in [7, 11) is -3.47. The Bertz CT molecular complexity index is 1920. The van der Waals surface area contributed by atoms with Crippen LogP contribution in [0, 0.1) is 5.82 Å². The number of rotatable bonds is 5. The van der Waals surface area contributed by atoms with Crippen molar-refractivity contribution in [2.45, 2.75) is 77.7 Å². The fraction of sp³-hybridized carbons (Fsp3) is 0.531. The van der Waals surface area contributed by atoms with Crippen LogP contribution in [0.15, 0.2) is 30.6 Å². The van der Waals surface area contributed by atoms with E-state index in [0.717, 1.165) is 36.7 Å². The van der Waals surface area contributed by atoms with Crippen molar-refractivity contribution < 1.29 is 31.3 Å². The average Bonchev–Trinajstić information content (AvgIpc) is 3.76. The molecule has 16 heteroatoms. The zero-order valence-electron chi connectivity index (χ0n) is 28.3. The molecule has 6 rings (SSSR count). The van der Waals surface area contributed by atoms with Crippen molar-refractivity contribution in [2.24, 2.45) is 0 Å². The van der Waals surface area contributed by atoms with Gasteiger partial charge < -0.3 is 25.3 Å². The number of carbonyl (C=O) groups is 2. The number of hydrogen-bond donors (Lipinski definition) is 3. The first-order chi connectivity index (χ1) is 22.4. The van der Waals surface area contributed by atoms with Crippen LogP contribution in [-0.2, 0) is 19.0 Å². The van der Waals surface area contributed by atoms with Gasteiger partial charge in [-0.15, -0.1) is 0 Å². The number of amides is 2. The minimum atomic E-state index is -3.47. The van der Waals surface area contributed by atoms with Gasteiger partial charge in [-0.25, -0.2) is 19.2 Å². The smallest absolute Gasteiger partial charge is 0.410 e. The molecule has 0 bridgehead atoms. The summed E-state index contributed by atoms with van der Waals surface area (Å²) in [6.45, 7) is 13.5. The maximum absolute atomic E-state index is 14.0. The lowest BCUT2D eigenvalue weighted by molar-refractivity contribution is 0.0276. The van der Waals surface area contributed by atoms with E-state index in [1.165, 1.54) is 17.0 Å². The summed E-state index contributed by atoms with van der Waals surface area (Å²) >= 11 is 0. The van der Waals surface area contributed by atoms with E-state index >= 15 is 0 Å². The number of hydrogen-bond acceptors (Lipinski definition) is 10. The second-order valence-electron chi connectivity index (χ2n) is 14.1. The van der Waals surface area contributed by atoms with Crippen molar-refractivity contribution in [3.8, 4) is 11.4 Å². The zero-order chi connectivity index (χ0) is 35.0. The highest BCUT2D eigenvalue weighted by atomic mass is 32.2. The number of likely N-dealkylation sites (tertiary alicyclic amines) is 1. The number of fused-ring (bicyclic) bond motifs is 2. The van der Waals surface area contributed by atoms with Gasteiger partial charge in [0.1, 0.15) is 28.3 Å². The Morgan fingerprint density at radius 2 is 1.88 bits per heavy atom. The van der Waals surface area contributed by atoms with E-state index in [0.29, 0.717) is 41.1 Å². The summed E-state index contributed by atoms with van der Waals surface area (Å²) in [5.41, 5.74) is 2.40. The highest BCUT2D eigenvalue weighted by Crippen LogP contribution is 2.32. The molecule has 2 saturated heterocycles. The number of aromatic nitrogens is 5. The number of halogens is 1. The van der Waals surface area contributed by atoms with E-state index in [4.69, 9.17) is 19.0 Å². The molecule has 260 valence electrons. The van der Waals surface area contributed by atoms with Gasteiger partial charge in [-0.3, -0.25) is 13.7 Å². The summed E-state index contributed by atoms with van der Waals surface area (Å²) in [6.07, 6.45) is 4.79. The van der Waals surface area contributed by atoms with Crippen molar-refractivity contribution >= 4 is 44.2 Å². The van der Waals surface area contributed by atoms with Crippen LogP contribution < -0.4 is 10.6 Å². The second-order valence-corrected chi connectivity index (χ2v) is 15.7. The number of nitrogens with zero attached hydrogens (tertiary/aromatic N) is 5. The zero-order valence-corrected chi connectivity index (χ0v) is 29.1. The Hall–Kier alpha value is -4.15. The van der Waals surface area contributed by atoms with Gasteiger partial charge in [0.05, 0.1) is 42.2 Å². The molecule has 0 radical (unpaired) electrons. The number of H-pyrrole nitrogens is 1. The summed E-state index contributed by atoms with van der Waals surface area (Å²) in [6, 6.07) is 4.81. The molecule has 0 spiro atoms. The van der Waals surface area contributed by atoms with Crippen molar-refractivity contribution in [3.63, 3.8) is 0 Å². The van der Waals surface area contributed by atoms with Crippen LogP contribution in [0.1, 0.15) is 70.8 Å². The van der Waals surface area contributed by atoms with Crippen molar-refractivity contribution in [3.05, 3.63) is 42.0 Å². The monoisotopic (exact) mass is 686 g/mol. The molecule has 2 fully saturated rings. The molecular formula is C32H43FN8O6S. The topological polar surface area (TPSA) is 173 Å². The number of carbonyl (C=O) groups excluding carboxylic acids is 2. The highest BCUT2D eigenvalue weighted by molar-refractivity contribution is 7.86. The molecule has 0 aliphatic carbocycles. The summed E-state index contributed by atoms with van der Waals surface area (Å²) in [5.74, 6) is -0.529. The van der Waals surface area contributed by atoms with Crippen LogP contribution in [0.4, 0.5) is 9.18 Å². The van der Waals surface area contributed by atoms with Gasteiger partial charge >= 0.3 is 6.09 Å². The van der Waals surface area contributed by atoms with Crippen LogP contribution >= 0.6 is 0 Å². The third-order valence-electron chi connectivity index (χ3n) is 7.51. The summed E-state index contributed by atoms with van der Waals surface area (Å²) in [5, 5.41) is 11.9. The van der Waals surface area contributed by atoms with Crippen molar-refractivity contribution in [1.82, 2.24) is 40.3 Å². The van der Waals surface area contributed by atoms with E-state index in [9.17, 15) is 22.4 Å². The molecule has 3 aromatic heterocycles. The van der Waals surface area contributed by atoms with Crippen LogP contribution in [0.2, 0.25) is 0 Å². The van der Waals surface area contributed by atoms with Crippen LogP contribution in [0.25, 0.3) is 33.5 Å². The Kier molecular flexibility index (Phi) is 9.81. The molecule has 1 aromatic carbocycles. The number of aromatic amines is 1. The minimum Gasteiger partial charge on any atom is -0.444 e. The molecule has 48 heavy (non-hydrogen) atoms. The van der Waals surface area contributed by atoms with E-state index in [1.54, 1.807) is 39.2 Å². The quantitative estimate of drug-likeness (QED) is 0.259. The van der Waals surface area contributed by atoms with Gasteiger partial charge in [0, 0.05) is 30.2 Å². The molecule has 4 aromatic rings. The highest BCUT2D eigenvalue weighted by Gasteiger charge is 2.32. The summed E-state index contributed by atoms with van der Waals surface area (Å²) in [4.78, 5) is 38.1. The first-order valence-electron chi connectivity index (χ1n) is 15.8. The van der Waals surface area contributed by atoms with E-state index < -0.39 is 27.9 Å². The third-order valence-corrected chi connectivity index (χ3v) is 8.14. The minimum absolute atomic E-state index is 0.148. The molecule has 2 aliphatic heterocycles. The van der Waals surface area contributed by atoms with Gasteiger partial charge in [0.15, 0.2) is 5.65 Å². The third kappa shape index (κ3) is 8.65. The van der Waals surface area contributed by atoms with Gasteiger partial charge in [-0.1, -0.05) is 0 Å². The molecule has 2 atom stereocenters. The molecule has 2 amide bonds. The van der Waals surface area contributed by atoms with Crippen LogP contribution in [0.3, 0.4) is 0 Å². The van der Waals surface area contributed by atoms with E-state index in [1.807, 2.05) is 25.5 Å². The number of ether oxygens (including phenoxy) is 1. The number of benzene rings is 1. The van der Waals surface area contributed by atoms with Gasteiger partial charge in [0.25, 0.3) is 16.0 Å². The lowest BCUT2D eigenvalue weighted by atomic mass is 10.1.